The van der Waals surface area contributed by atoms with Crippen molar-refractivity contribution in [3.8, 4) is 0 Å². The molecular weight excluding hydrogens is 584 g/mol. The lowest BCUT2D eigenvalue weighted by atomic mass is 9.90. The van der Waals surface area contributed by atoms with E-state index in [-0.39, 0.29) is 23.1 Å². The predicted octanol–water partition coefficient (Wildman–Crippen LogP) is 6.20. The van der Waals surface area contributed by atoms with Crippen LogP contribution in [0.15, 0.2) is 143 Å². The van der Waals surface area contributed by atoms with Gasteiger partial charge in [-0.05, 0) is 64.7 Å². The number of nitrogens with zero attached hydrogens (tertiary/aromatic N) is 1. The van der Waals surface area contributed by atoms with Crippen LogP contribution in [0.25, 0.3) is 0 Å². The summed E-state index contributed by atoms with van der Waals surface area (Å²) in [5, 5.41) is 5.86. The molecule has 1 unspecified atom stereocenters. The van der Waals surface area contributed by atoms with Crippen molar-refractivity contribution >= 4 is 44.6 Å². The minimum Gasteiger partial charge on any atom is -0.352 e. The molecule has 6 rings (SSSR count). The first-order valence-corrected chi connectivity index (χ1v) is 15.9. The number of nitrogens with one attached hydrogen (secondary N) is 3. The zero-order chi connectivity index (χ0) is 31.2. The summed E-state index contributed by atoms with van der Waals surface area (Å²) in [5.74, 6) is -1.13. The fraction of sp³-hybridized carbons (Fsp3) is 0.0833. The first-order valence-electron chi connectivity index (χ1n) is 14.4. The summed E-state index contributed by atoms with van der Waals surface area (Å²) in [6.45, 7) is 0.461. The average Bonchev–Trinajstić information content (AvgIpc) is 3.39. The third-order valence-electron chi connectivity index (χ3n) is 7.41. The molecule has 9 heteroatoms. The van der Waals surface area contributed by atoms with Gasteiger partial charge in [-0.25, -0.2) is 8.42 Å². The van der Waals surface area contributed by atoms with Gasteiger partial charge in [0.15, 0.2) is 0 Å². The van der Waals surface area contributed by atoms with Gasteiger partial charge in [0, 0.05) is 17.9 Å². The van der Waals surface area contributed by atoms with E-state index >= 15 is 0 Å². The van der Waals surface area contributed by atoms with Gasteiger partial charge in [0.1, 0.15) is 5.92 Å². The molecule has 8 nitrogen and oxygen atoms in total. The highest BCUT2D eigenvalue weighted by molar-refractivity contribution is 7.92. The lowest BCUT2D eigenvalue weighted by Crippen LogP contribution is -2.24. The Morgan fingerprint density at radius 1 is 0.756 bits per heavy atom. The van der Waals surface area contributed by atoms with Gasteiger partial charge in [0.05, 0.1) is 22.7 Å². The molecule has 1 aliphatic heterocycles. The molecule has 3 N–H and O–H groups in total. The molecule has 0 saturated heterocycles. The summed E-state index contributed by atoms with van der Waals surface area (Å²) in [7, 11) is -3.83. The third kappa shape index (κ3) is 7.00. The SMILES string of the molecule is O=C(Cc1ccc(N=C(c2ccccc2)C2C(=O)Nc3ccc(NS(=O)(=O)c4ccccc4)cc32)cc1)NCc1ccccc1. The Kier molecular flexibility index (Phi) is 8.52. The number of carbonyl (C=O) groups is 2. The number of amides is 2. The Labute approximate surface area is 261 Å². The van der Waals surface area contributed by atoms with Crippen molar-refractivity contribution in [2.75, 3.05) is 10.0 Å². The van der Waals surface area contributed by atoms with E-state index in [0.29, 0.717) is 34.9 Å². The molecule has 0 radical (unpaired) electrons. The van der Waals surface area contributed by atoms with Crippen LogP contribution in [0.1, 0.15) is 28.2 Å². The number of carbonyl (C=O) groups excluding carboxylic acids is 2. The number of sulfonamides is 1. The van der Waals surface area contributed by atoms with Crippen molar-refractivity contribution in [3.63, 3.8) is 0 Å². The number of aliphatic imine (C=N–C) groups is 1. The van der Waals surface area contributed by atoms with Gasteiger partial charge < -0.3 is 10.6 Å². The molecule has 1 heterocycles. The van der Waals surface area contributed by atoms with E-state index in [4.69, 9.17) is 4.99 Å². The number of benzene rings is 5. The molecule has 224 valence electrons. The summed E-state index contributed by atoms with van der Waals surface area (Å²) in [6.07, 6.45) is 0.225. The van der Waals surface area contributed by atoms with E-state index in [1.807, 2.05) is 84.9 Å². The number of rotatable bonds is 10. The van der Waals surface area contributed by atoms with Crippen LogP contribution in [0.4, 0.5) is 17.1 Å². The van der Waals surface area contributed by atoms with Gasteiger partial charge in [-0.1, -0.05) is 91.0 Å². The lowest BCUT2D eigenvalue weighted by molar-refractivity contribution is -0.120. The standard InChI is InChI=1S/C36H30N4O4S/c41-33(37-24-26-10-4-1-5-11-26)22-25-16-18-28(19-17-25)38-35(27-12-6-2-7-13-27)34-31-23-29(20-21-32(31)39-36(34)42)40-45(43,44)30-14-8-3-9-15-30/h1-21,23,34,40H,22,24H2,(H,37,41)(H,39,42). The predicted molar refractivity (Wildman–Crippen MR) is 176 cm³/mol. The molecule has 0 saturated carbocycles. The van der Waals surface area contributed by atoms with Gasteiger partial charge in [0.25, 0.3) is 10.0 Å². The van der Waals surface area contributed by atoms with Crippen LogP contribution in [-0.2, 0) is 32.6 Å². The molecule has 0 bridgehead atoms. The molecular formula is C36H30N4O4S. The topological polar surface area (TPSA) is 117 Å². The molecule has 5 aromatic carbocycles. The maximum absolute atomic E-state index is 13.4. The second-order valence-corrected chi connectivity index (χ2v) is 12.3. The van der Waals surface area contributed by atoms with E-state index in [1.54, 1.807) is 36.4 Å². The van der Waals surface area contributed by atoms with Crippen LogP contribution in [-0.4, -0.2) is 25.9 Å². The summed E-state index contributed by atoms with van der Waals surface area (Å²) < 4.78 is 28.6. The molecule has 45 heavy (non-hydrogen) atoms. The number of anilines is 2. The second-order valence-electron chi connectivity index (χ2n) is 10.6. The van der Waals surface area contributed by atoms with Crippen molar-refractivity contribution < 1.29 is 18.0 Å². The van der Waals surface area contributed by atoms with Gasteiger partial charge in [-0.2, -0.15) is 0 Å². The molecule has 5 aromatic rings. The van der Waals surface area contributed by atoms with Crippen molar-refractivity contribution in [2.45, 2.75) is 23.8 Å². The minimum absolute atomic E-state index is 0.0852. The largest absolute Gasteiger partial charge is 0.352 e. The van der Waals surface area contributed by atoms with E-state index in [0.717, 1.165) is 16.7 Å². The van der Waals surface area contributed by atoms with Crippen molar-refractivity contribution in [2.24, 2.45) is 4.99 Å². The fourth-order valence-electron chi connectivity index (χ4n) is 5.19. The van der Waals surface area contributed by atoms with E-state index in [1.165, 1.54) is 12.1 Å². The number of hydrogen-bond donors (Lipinski definition) is 3. The van der Waals surface area contributed by atoms with Crippen LogP contribution in [0.5, 0.6) is 0 Å². The third-order valence-corrected chi connectivity index (χ3v) is 8.81. The maximum Gasteiger partial charge on any atom is 0.261 e. The van der Waals surface area contributed by atoms with Gasteiger partial charge >= 0.3 is 0 Å². The minimum atomic E-state index is -3.83. The monoisotopic (exact) mass is 614 g/mol. The molecule has 0 aliphatic carbocycles. The Bertz CT molecular complexity index is 1960. The normalized spacial score (nSPS) is 14.4. The van der Waals surface area contributed by atoms with Gasteiger partial charge in [-0.15, -0.1) is 0 Å². The van der Waals surface area contributed by atoms with E-state index in [9.17, 15) is 18.0 Å². The van der Waals surface area contributed by atoms with Crippen LogP contribution >= 0.6 is 0 Å². The number of hydrogen-bond acceptors (Lipinski definition) is 5. The van der Waals surface area contributed by atoms with Crippen LogP contribution in [0.3, 0.4) is 0 Å². The smallest absolute Gasteiger partial charge is 0.261 e. The van der Waals surface area contributed by atoms with Crippen molar-refractivity contribution in [3.05, 3.63) is 156 Å². The van der Waals surface area contributed by atoms with Gasteiger partial charge in [-0.3, -0.25) is 19.3 Å². The summed E-state index contributed by atoms with van der Waals surface area (Å²) in [4.78, 5) is 31.0. The van der Waals surface area contributed by atoms with E-state index < -0.39 is 15.9 Å². The summed E-state index contributed by atoms with van der Waals surface area (Å²) in [6, 6.07) is 39.6. The van der Waals surface area contributed by atoms with Gasteiger partial charge in [0.2, 0.25) is 11.8 Å². The van der Waals surface area contributed by atoms with Crippen LogP contribution < -0.4 is 15.4 Å². The Hall–Kier alpha value is -5.54. The molecule has 1 atom stereocenters. The highest BCUT2D eigenvalue weighted by atomic mass is 32.2. The van der Waals surface area contributed by atoms with Crippen molar-refractivity contribution in [1.82, 2.24) is 5.32 Å². The molecule has 0 spiro atoms. The number of fused-ring (bicyclic) bond motifs is 1. The van der Waals surface area contributed by atoms with E-state index in [2.05, 4.69) is 15.4 Å². The summed E-state index contributed by atoms with van der Waals surface area (Å²) >= 11 is 0. The first-order chi connectivity index (χ1) is 21.9. The maximum atomic E-state index is 13.4. The van der Waals surface area contributed by atoms with Crippen LogP contribution in [0, 0.1) is 0 Å². The Balaban J connectivity index is 1.26. The average molecular weight is 615 g/mol. The highest BCUT2D eigenvalue weighted by Gasteiger charge is 2.36. The zero-order valence-electron chi connectivity index (χ0n) is 24.2. The molecule has 2 amide bonds. The Morgan fingerprint density at radius 2 is 1.40 bits per heavy atom. The lowest BCUT2D eigenvalue weighted by Gasteiger charge is -2.15. The second kappa shape index (κ2) is 13.0. The Morgan fingerprint density at radius 3 is 2.09 bits per heavy atom. The first kappa shape index (κ1) is 29.5. The van der Waals surface area contributed by atoms with Crippen molar-refractivity contribution in [1.29, 1.82) is 0 Å². The fourth-order valence-corrected chi connectivity index (χ4v) is 6.26. The molecule has 0 aromatic heterocycles. The summed E-state index contributed by atoms with van der Waals surface area (Å²) in [5.41, 5.74) is 5.29. The quantitative estimate of drug-likeness (QED) is 0.162. The zero-order valence-corrected chi connectivity index (χ0v) is 25.0. The molecule has 1 aliphatic rings. The highest BCUT2D eigenvalue weighted by Crippen LogP contribution is 2.38. The molecule has 0 fully saturated rings. The van der Waals surface area contributed by atoms with Crippen LogP contribution in [0.2, 0.25) is 0 Å².